The fourth-order valence-corrected chi connectivity index (χ4v) is 1.53. The summed E-state index contributed by atoms with van der Waals surface area (Å²) in [6.45, 7) is 5.83. The Morgan fingerprint density at radius 1 is 1.33 bits per heavy atom. The molecule has 18 heavy (non-hydrogen) atoms. The van der Waals surface area contributed by atoms with E-state index >= 15 is 0 Å². The number of benzene rings is 1. The van der Waals surface area contributed by atoms with Crippen molar-refractivity contribution in [3.05, 3.63) is 35.6 Å². The maximum atomic E-state index is 13.0. The zero-order valence-corrected chi connectivity index (χ0v) is 11.3. The molecule has 1 aromatic rings. The van der Waals surface area contributed by atoms with Crippen molar-refractivity contribution in [2.75, 3.05) is 13.6 Å². The van der Waals surface area contributed by atoms with E-state index in [1.54, 1.807) is 13.1 Å². The number of rotatable bonds is 5. The highest BCUT2D eigenvalue weighted by Crippen LogP contribution is 2.02. The summed E-state index contributed by atoms with van der Waals surface area (Å²) in [6, 6.07) is 6.56. The molecule has 0 aliphatic rings. The molecule has 0 saturated heterocycles. The van der Waals surface area contributed by atoms with E-state index < -0.39 is 0 Å². The summed E-state index contributed by atoms with van der Waals surface area (Å²) in [4.78, 5) is 4.12. The second-order valence-electron chi connectivity index (χ2n) is 4.66. The molecule has 0 bridgehead atoms. The van der Waals surface area contributed by atoms with Gasteiger partial charge in [0.15, 0.2) is 5.96 Å². The number of hydrogen-bond acceptors (Lipinski definition) is 1. The first-order chi connectivity index (χ1) is 8.61. The maximum absolute atomic E-state index is 13.0. The molecule has 1 rings (SSSR count). The molecule has 0 saturated carbocycles. The Hall–Kier alpha value is -1.58. The third-order valence-corrected chi connectivity index (χ3v) is 2.59. The van der Waals surface area contributed by atoms with Gasteiger partial charge in [-0.25, -0.2) is 4.39 Å². The average Bonchev–Trinajstić information content (AvgIpc) is 2.33. The molecular weight excluding hydrogens is 229 g/mol. The van der Waals surface area contributed by atoms with Crippen LogP contribution in [0, 0.1) is 11.7 Å². The van der Waals surface area contributed by atoms with Crippen molar-refractivity contribution in [2.24, 2.45) is 10.9 Å². The Morgan fingerprint density at radius 3 is 2.72 bits per heavy atom. The van der Waals surface area contributed by atoms with E-state index in [0.717, 1.165) is 24.5 Å². The minimum atomic E-state index is -0.211. The average molecular weight is 251 g/mol. The highest BCUT2D eigenvalue weighted by atomic mass is 19.1. The molecule has 4 heteroatoms. The number of nitrogens with zero attached hydrogens (tertiary/aromatic N) is 1. The van der Waals surface area contributed by atoms with Crippen LogP contribution in [-0.4, -0.2) is 19.6 Å². The fourth-order valence-electron chi connectivity index (χ4n) is 1.53. The molecule has 0 spiro atoms. The molecule has 2 N–H and O–H groups in total. The quantitative estimate of drug-likeness (QED) is 0.623. The predicted octanol–water partition coefficient (Wildman–Crippen LogP) is 2.54. The molecule has 0 aromatic heterocycles. The number of hydrogen-bond donors (Lipinski definition) is 2. The number of nitrogens with one attached hydrogen (secondary N) is 2. The molecule has 1 aromatic carbocycles. The van der Waals surface area contributed by atoms with Crippen LogP contribution in [-0.2, 0) is 6.54 Å². The van der Waals surface area contributed by atoms with E-state index in [2.05, 4.69) is 29.5 Å². The summed E-state index contributed by atoms with van der Waals surface area (Å²) >= 11 is 0. The van der Waals surface area contributed by atoms with Gasteiger partial charge in [-0.2, -0.15) is 0 Å². The van der Waals surface area contributed by atoms with Crippen molar-refractivity contribution in [2.45, 2.75) is 26.8 Å². The van der Waals surface area contributed by atoms with Crippen molar-refractivity contribution in [3.63, 3.8) is 0 Å². The Kier molecular flexibility index (Phi) is 6.19. The highest BCUT2D eigenvalue weighted by molar-refractivity contribution is 5.79. The maximum Gasteiger partial charge on any atom is 0.191 e. The van der Waals surface area contributed by atoms with Crippen LogP contribution in [0.1, 0.15) is 25.8 Å². The summed E-state index contributed by atoms with van der Waals surface area (Å²) in [5.74, 6) is 1.20. The summed E-state index contributed by atoms with van der Waals surface area (Å²) in [6.07, 6.45) is 1.10. The molecular formula is C14H22FN3. The zero-order chi connectivity index (χ0) is 13.4. The van der Waals surface area contributed by atoms with Gasteiger partial charge in [0.25, 0.3) is 0 Å². The van der Waals surface area contributed by atoms with Crippen LogP contribution in [0.5, 0.6) is 0 Å². The SMILES string of the molecule is CN=C(NCCC(C)C)NCc1cccc(F)c1. The van der Waals surface area contributed by atoms with E-state index in [1.807, 2.05) is 6.07 Å². The molecule has 3 nitrogen and oxygen atoms in total. The number of halogens is 1. The molecule has 0 aliphatic heterocycles. The normalized spacial score (nSPS) is 11.7. The van der Waals surface area contributed by atoms with Gasteiger partial charge in [-0.15, -0.1) is 0 Å². The molecule has 0 heterocycles. The fraction of sp³-hybridized carbons (Fsp3) is 0.500. The van der Waals surface area contributed by atoms with E-state index in [1.165, 1.54) is 12.1 Å². The Morgan fingerprint density at radius 2 is 2.11 bits per heavy atom. The van der Waals surface area contributed by atoms with Crippen LogP contribution in [0.2, 0.25) is 0 Å². The molecule has 0 radical (unpaired) electrons. The molecule has 0 fully saturated rings. The zero-order valence-electron chi connectivity index (χ0n) is 11.3. The first-order valence-electron chi connectivity index (χ1n) is 6.30. The van der Waals surface area contributed by atoms with Gasteiger partial charge >= 0.3 is 0 Å². The first-order valence-corrected chi connectivity index (χ1v) is 6.30. The van der Waals surface area contributed by atoms with E-state index in [9.17, 15) is 4.39 Å². The van der Waals surface area contributed by atoms with Gasteiger partial charge < -0.3 is 10.6 Å². The lowest BCUT2D eigenvalue weighted by Crippen LogP contribution is -2.37. The van der Waals surface area contributed by atoms with Crippen molar-refractivity contribution in [1.82, 2.24) is 10.6 Å². The van der Waals surface area contributed by atoms with Crippen molar-refractivity contribution < 1.29 is 4.39 Å². The van der Waals surface area contributed by atoms with Crippen LogP contribution >= 0.6 is 0 Å². The van der Waals surface area contributed by atoms with Gasteiger partial charge in [0.05, 0.1) is 0 Å². The lowest BCUT2D eigenvalue weighted by Gasteiger charge is -2.12. The van der Waals surface area contributed by atoms with Crippen molar-refractivity contribution >= 4 is 5.96 Å². The first kappa shape index (κ1) is 14.5. The Bertz CT molecular complexity index is 388. The molecule has 0 amide bonds. The summed E-state index contributed by atoms with van der Waals surface area (Å²) in [5.41, 5.74) is 0.904. The Balaban J connectivity index is 2.36. The van der Waals surface area contributed by atoms with Gasteiger partial charge in [0.2, 0.25) is 0 Å². The lowest BCUT2D eigenvalue weighted by atomic mass is 10.1. The molecule has 0 aliphatic carbocycles. The van der Waals surface area contributed by atoms with Gasteiger partial charge in [0, 0.05) is 20.1 Å². The van der Waals surface area contributed by atoms with Gasteiger partial charge in [-0.3, -0.25) is 4.99 Å². The highest BCUT2D eigenvalue weighted by Gasteiger charge is 2.00. The van der Waals surface area contributed by atoms with Crippen LogP contribution in [0.15, 0.2) is 29.3 Å². The van der Waals surface area contributed by atoms with Crippen LogP contribution < -0.4 is 10.6 Å². The van der Waals surface area contributed by atoms with E-state index in [4.69, 9.17) is 0 Å². The van der Waals surface area contributed by atoms with E-state index in [-0.39, 0.29) is 5.82 Å². The van der Waals surface area contributed by atoms with Crippen molar-refractivity contribution in [1.29, 1.82) is 0 Å². The standard InChI is InChI=1S/C14H22FN3/c1-11(2)7-8-17-14(16-3)18-10-12-5-4-6-13(15)9-12/h4-6,9,11H,7-8,10H2,1-3H3,(H2,16,17,18). The summed E-state index contributed by atoms with van der Waals surface area (Å²) in [5, 5.41) is 6.39. The van der Waals surface area contributed by atoms with Crippen LogP contribution in [0.3, 0.4) is 0 Å². The summed E-state index contributed by atoms with van der Waals surface area (Å²) in [7, 11) is 1.73. The van der Waals surface area contributed by atoms with Crippen LogP contribution in [0.4, 0.5) is 4.39 Å². The predicted molar refractivity (Wildman–Crippen MR) is 74.1 cm³/mol. The Labute approximate surface area is 109 Å². The minimum Gasteiger partial charge on any atom is -0.356 e. The van der Waals surface area contributed by atoms with Gasteiger partial charge in [-0.1, -0.05) is 26.0 Å². The minimum absolute atomic E-state index is 0.211. The number of aliphatic imine (C=N–C) groups is 1. The topological polar surface area (TPSA) is 36.4 Å². The third-order valence-electron chi connectivity index (χ3n) is 2.59. The monoisotopic (exact) mass is 251 g/mol. The van der Waals surface area contributed by atoms with Gasteiger partial charge in [-0.05, 0) is 30.0 Å². The molecule has 0 atom stereocenters. The third kappa shape index (κ3) is 5.66. The second-order valence-corrected chi connectivity index (χ2v) is 4.66. The smallest absolute Gasteiger partial charge is 0.191 e. The van der Waals surface area contributed by atoms with Crippen molar-refractivity contribution in [3.8, 4) is 0 Å². The second kappa shape index (κ2) is 7.69. The summed E-state index contributed by atoms with van der Waals surface area (Å²) < 4.78 is 13.0. The molecule has 0 unspecified atom stereocenters. The molecule has 100 valence electrons. The number of guanidine groups is 1. The largest absolute Gasteiger partial charge is 0.356 e. The van der Waals surface area contributed by atoms with Crippen LogP contribution in [0.25, 0.3) is 0 Å². The van der Waals surface area contributed by atoms with E-state index in [0.29, 0.717) is 12.5 Å². The van der Waals surface area contributed by atoms with Gasteiger partial charge in [0.1, 0.15) is 5.82 Å². The lowest BCUT2D eigenvalue weighted by molar-refractivity contribution is 0.573.